The second-order valence-corrected chi connectivity index (χ2v) is 2.81. The largest absolute Gasteiger partial charge is 0.508 e. The SMILES string of the molecule is C=CCCCOC(=O)OCCCC=C. The van der Waals surface area contributed by atoms with E-state index in [0.717, 1.165) is 25.7 Å². The minimum Gasteiger partial charge on any atom is -0.434 e. The number of ether oxygens (including phenoxy) is 2. The van der Waals surface area contributed by atoms with Crippen LogP contribution in [0.3, 0.4) is 0 Å². The topological polar surface area (TPSA) is 35.5 Å². The molecule has 0 unspecified atom stereocenters. The smallest absolute Gasteiger partial charge is 0.434 e. The van der Waals surface area contributed by atoms with Gasteiger partial charge in [0, 0.05) is 0 Å². The molecule has 0 aromatic carbocycles. The second-order valence-electron chi connectivity index (χ2n) is 2.81. The summed E-state index contributed by atoms with van der Waals surface area (Å²) in [4.78, 5) is 10.9. The fraction of sp³-hybridized carbons (Fsp3) is 0.545. The van der Waals surface area contributed by atoms with Crippen molar-refractivity contribution in [3.05, 3.63) is 25.3 Å². The Morgan fingerprint density at radius 1 is 1.00 bits per heavy atom. The molecule has 3 nitrogen and oxygen atoms in total. The molecule has 14 heavy (non-hydrogen) atoms. The van der Waals surface area contributed by atoms with E-state index in [9.17, 15) is 4.79 Å². The average Bonchev–Trinajstić information content (AvgIpc) is 2.19. The van der Waals surface area contributed by atoms with Gasteiger partial charge in [-0.2, -0.15) is 0 Å². The van der Waals surface area contributed by atoms with E-state index in [-0.39, 0.29) is 0 Å². The molecule has 0 atom stereocenters. The first-order valence-corrected chi connectivity index (χ1v) is 4.82. The number of hydrogen-bond donors (Lipinski definition) is 0. The van der Waals surface area contributed by atoms with Crippen LogP contribution in [0.4, 0.5) is 4.79 Å². The molecule has 80 valence electrons. The normalized spacial score (nSPS) is 9.14. The van der Waals surface area contributed by atoms with E-state index < -0.39 is 6.16 Å². The maximum absolute atomic E-state index is 10.9. The lowest BCUT2D eigenvalue weighted by molar-refractivity contribution is 0.0541. The third-order valence-corrected chi connectivity index (χ3v) is 1.54. The Morgan fingerprint density at radius 2 is 1.43 bits per heavy atom. The number of unbranched alkanes of at least 4 members (excludes halogenated alkanes) is 2. The van der Waals surface area contributed by atoms with Gasteiger partial charge in [-0.1, -0.05) is 12.2 Å². The Bertz CT molecular complexity index is 157. The number of carbonyl (C=O) groups is 1. The van der Waals surface area contributed by atoms with Crippen molar-refractivity contribution in [2.24, 2.45) is 0 Å². The number of hydrogen-bond acceptors (Lipinski definition) is 3. The van der Waals surface area contributed by atoms with Gasteiger partial charge in [-0.05, 0) is 25.7 Å². The summed E-state index contributed by atoms with van der Waals surface area (Å²) in [6, 6.07) is 0. The van der Waals surface area contributed by atoms with E-state index in [1.165, 1.54) is 0 Å². The molecule has 3 heteroatoms. The van der Waals surface area contributed by atoms with Crippen molar-refractivity contribution in [2.75, 3.05) is 13.2 Å². The highest BCUT2D eigenvalue weighted by Gasteiger charge is 2.01. The molecule has 0 bridgehead atoms. The molecule has 0 spiro atoms. The van der Waals surface area contributed by atoms with E-state index in [2.05, 4.69) is 13.2 Å². The van der Waals surface area contributed by atoms with E-state index >= 15 is 0 Å². The zero-order valence-electron chi connectivity index (χ0n) is 8.54. The van der Waals surface area contributed by atoms with Gasteiger partial charge in [0.25, 0.3) is 0 Å². The lowest BCUT2D eigenvalue weighted by Gasteiger charge is -2.04. The van der Waals surface area contributed by atoms with Crippen LogP contribution in [0.15, 0.2) is 25.3 Å². The molecule has 0 aliphatic carbocycles. The maximum Gasteiger partial charge on any atom is 0.508 e. The summed E-state index contributed by atoms with van der Waals surface area (Å²) in [6.07, 6.45) is 6.29. The fourth-order valence-electron chi connectivity index (χ4n) is 0.808. The summed E-state index contributed by atoms with van der Waals surface area (Å²) in [5, 5.41) is 0. The van der Waals surface area contributed by atoms with E-state index in [0.29, 0.717) is 13.2 Å². The number of allylic oxidation sites excluding steroid dienone is 2. The predicted octanol–water partition coefficient (Wildman–Crippen LogP) is 3.07. The van der Waals surface area contributed by atoms with Crippen LogP contribution in [-0.4, -0.2) is 19.4 Å². The summed E-state index contributed by atoms with van der Waals surface area (Å²) >= 11 is 0. The third kappa shape index (κ3) is 8.84. The molecule has 0 radical (unpaired) electrons. The highest BCUT2D eigenvalue weighted by Crippen LogP contribution is 1.95. The van der Waals surface area contributed by atoms with Crippen molar-refractivity contribution in [3.63, 3.8) is 0 Å². The van der Waals surface area contributed by atoms with Crippen molar-refractivity contribution in [1.29, 1.82) is 0 Å². The molecule has 0 aliphatic rings. The van der Waals surface area contributed by atoms with Crippen molar-refractivity contribution >= 4 is 6.16 Å². The first-order valence-electron chi connectivity index (χ1n) is 4.82. The molecular weight excluding hydrogens is 180 g/mol. The second kappa shape index (κ2) is 9.84. The molecule has 0 heterocycles. The Kier molecular flexibility index (Phi) is 8.96. The minimum absolute atomic E-state index is 0.395. The molecular formula is C11H18O3. The summed E-state index contributed by atoms with van der Waals surface area (Å²) in [5.41, 5.74) is 0. The Morgan fingerprint density at radius 3 is 1.79 bits per heavy atom. The van der Waals surface area contributed by atoms with Crippen LogP contribution < -0.4 is 0 Å². The van der Waals surface area contributed by atoms with Crippen molar-refractivity contribution < 1.29 is 14.3 Å². The van der Waals surface area contributed by atoms with Gasteiger partial charge in [0.05, 0.1) is 13.2 Å². The molecule has 0 saturated carbocycles. The highest BCUT2D eigenvalue weighted by atomic mass is 16.7. The van der Waals surface area contributed by atoms with E-state index in [1.54, 1.807) is 12.2 Å². The van der Waals surface area contributed by atoms with E-state index in [1.807, 2.05) is 0 Å². The van der Waals surface area contributed by atoms with Crippen LogP contribution in [0.1, 0.15) is 25.7 Å². The lowest BCUT2D eigenvalue weighted by Crippen LogP contribution is -2.09. The average molecular weight is 198 g/mol. The summed E-state index contributed by atoms with van der Waals surface area (Å²) in [6.45, 7) is 7.92. The summed E-state index contributed by atoms with van der Waals surface area (Å²) in [5.74, 6) is 0. The predicted molar refractivity (Wildman–Crippen MR) is 56.2 cm³/mol. The summed E-state index contributed by atoms with van der Waals surface area (Å²) < 4.78 is 9.58. The van der Waals surface area contributed by atoms with Gasteiger partial charge in [0.1, 0.15) is 0 Å². The zero-order chi connectivity index (χ0) is 10.6. The first-order chi connectivity index (χ1) is 6.81. The van der Waals surface area contributed by atoms with Crippen LogP contribution in [-0.2, 0) is 9.47 Å². The quantitative estimate of drug-likeness (QED) is 0.341. The molecule has 0 aromatic heterocycles. The van der Waals surface area contributed by atoms with Crippen LogP contribution in [0.25, 0.3) is 0 Å². The van der Waals surface area contributed by atoms with Crippen LogP contribution in [0.5, 0.6) is 0 Å². The van der Waals surface area contributed by atoms with Crippen molar-refractivity contribution in [2.45, 2.75) is 25.7 Å². The molecule has 0 aliphatic heterocycles. The fourth-order valence-corrected chi connectivity index (χ4v) is 0.808. The van der Waals surface area contributed by atoms with Crippen molar-refractivity contribution in [1.82, 2.24) is 0 Å². The standard InChI is InChI=1S/C11H18O3/c1-3-5-7-9-13-11(12)14-10-8-6-4-2/h3-4H,1-2,5-10H2. The zero-order valence-corrected chi connectivity index (χ0v) is 8.54. The maximum atomic E-state index is 10.9. The van der Waals surface area contributed by atoms with Gasteiger partial charge < -0.3 is 9.47 Å². The lowest BCUT2D eigenvalue weighted by atomic mass is 10.3. The van der Waals surface area contributed by atoms with Crippen LogP contribution >= 0.6 is 0 Å². The molecule has 0 fully saturated rings. The third-order valence-electron chi connectivity index (χ3n) is 1.54. The Balaban J connectivity index is 3.19. The van der Waals surface area contributed by atoms with Crippen molar-refractivity contribution in [3.8, 4) is 0 Å². The first kappa shape index (κ1) is 12.8. The summed E-state index contributed by atoms with van der Waals surface area (Å²) in [7, 11) is 0. The van der Waals surface area contributed by atoms with E-state index in [4.69, 9.17) is 9.47 Å². The van der Waals surface area contributed by atoms with Gasteiger partial charge in [0.2, 0.25) is 0 Å². The van der Waals surface area contributed by atoms with Gasteiger partial charge in [0.15, 0.2) is 0 Å². The Labute approximate surface area is 85.4 Å². The monoisotopic (exact) mass is 198 g/mol. The number of carbonyl (C=O) groups excluding carboxylic acids is 1. The van der Waals surface area contributed by atoms with Crippen LogP contribution in [0.2, 0.25) is 0 Å². The molecule has 0 aromatic rings. The van der Waals surface area contributed by atoms with Gasteiger partial charge in [-0.3, -0.25) is 0 Å². The number of rotatable bonds is 8. The van der Waals surface area contributed by atoms with Crippen LogP contribution in [0, 0.1) is 0 Å². The molecule has 0 N–H and O–H groups in total. The highest BCUT2D eigenvalue weighted by molar-refractivity contribution is 5.59. The molecule has 0 rings (SSSR count). The van der Waals surface area contributed by atoms with Gasteiger partial charge in [-0.25, -0.2) is 4.79 Å². The van der Waals surface area contributed by atoms with Gasteiger partial charge in [-0.15, -0.1) is 13.2 Å². The minimum atomic E-state index is -0.585. The van der Waals surface area contributed by atoms with Gasteiger partial charge >= 0.3 is 6.16 Å². The Hall–Kier alpha value is -1.25. The molecule has 0 amide bonds. The molecule has 0 saturated heterocycles.